The molecule has 1 N–H and O–H groups in total. The van der Waals surface area contributed by atoms with Gasteiger partial charge in [-0.2, -0.15) is 5.26 Å². The molecule has 18 heavy (non-hydrogen) atoms. The van der Waals surface area contributed by atoms with Gasteiger partial charge < -0.3 is 10.1 Å². The number of halogens is 1. The van der Waals surface area contributed by atoms with Crippen molar-refractivity contribution in [3.63, 3.8) is 0 Å². The van der Waals surface area contributed by atoms with Crippen LogP contribution in [-0.2, 0) is 6.42 Å². The predicted molar refractivity (Wildman–Crippen MR) is 67.0 cm³/mol. The van der Waals surface area contributed by atoms with Crippen LogP contribution < -0.4 is 10.1 Å². The van der Waals surface area contributed by atoms with Crippen LogP contribution in [0.15, 0.2) is 12.1 Å². The zero-order valence-electron chi connectivity index (χ0n) is 10.5. The van der Waals surface area contributed by atoms with Gasteiger partial charge in [-0.1, -0.05) is 0 Å². The first-order valence-electron chi connectivity index (χ1n) is 6.22. The Morgan fingerprint density at radius 2 is 2.17 bits per heavy atom. The summed E-state index contributed by atoms with van der Waals surface area (Å²) in [5, 5.41) is 12.3. The SMILES string of the molecule is COc1c(F)cc(CC2CCNCC2)cc1C#N. The summed E-state index contributed by atoms with van der Waals surface area (Å²) < 4.78 is 18.7. The number of nitriles is 1. The molecule has 1 saturated heterocycles. The molecule has 3 nitrogen and oxygen atoms in total. The summed E-state index contributed by atoms with van der Waals surface area (Å²) in [6.45, 7) is 2.04. The molecule has 0 radical (unpaired) electrons. The lowest BCUT2D eigenvalue weighted by Crippen LogP contribution is -2.28. The standard InChI is InChI=1S/C14H17FN2O/c1-18-14-12(9-16)7-11(8-13(14)15)6-10-2-4-17-5-3-10/h7-8,10,17H,2-6H2,1H3. The van der Waals surface area contributed by atoms with Gasteiger partial charge in [-0.25, -0.2) is 4.39 Å². The first-order valence-corrected chi connectivity index (χ1v) is 6.22. The van der Waals surface area contributed by atoms with E-state index in [1.165, 1.54) is 13.2 Å². The Morgan fingerprint density at radius 1 is 1.44 bits per heavy atom. The van der Waals surface area contributed by atoms with E-state index in [-0.39, 0.29) is 11.3 Å². The van der Waals surface area contributed by atoms with E-state index in [0.29, 0.717) is 5.92 Å². The summed E-state index contributed by atoms with van der Waals surface area (Å²) in [7, 11) is 1.38. The van der Waals surface area contributed by atoms with Gasteiger partial charge in [0.15, 0.2) is 11.6 Å². The number of piperidine rings is 1. The van der Waals surface area contributed by atoms with Gasteiger partial charge in [0, 0.05) is 0 Å². The maximum Gasteiger partial charge on any atom is 0.172 e. The largest absolute Gasteiger partial charge is 0.492 e. The molecule has 1 aromatic rings. The number of hydrogen-bond donors (Lipinski definition) is 1. The molecule has 0 unspecified atom stereocenters. The Kier molecular flexibility index (Phi) is 4.16. The van der Waals surface area contributed by atoms with Crippen molar-refractivity contribution in [3.05, 3.63) is 29.1 Å². The molecule has 96 valence electrons. The molecule has 0 bridgehead atoms. The van der Waals surface area contributed by atoms with Crippen LogP contribution in [-0.4, -0.2) is 20.2 Å². The lowest BCUT2D eigenvalue weighted by Gasteiger charge is -2.22. The van der Waals surface area contributed by atoms with Gasteiger partial charge in [0.1, 0.15) is 6.07 Å². The lowest BCUT2D eigenvalue weighted by atomic mass is 9.90. The Bertz CT molecular complexity index is 462. The normalized spacial score (nSPS) is 16.3. The molecule has 1 fully saturated rings. The van der Waals surface area contributed by atoms with Crippen LogP contribution in [0.5, 0.6) is 5.75 Å². The van der Waals surface area contributed by atoms with E-state index in [1.54, 1.807) is 6.07 Å². The van der Waals surface area contributed by atoms with E-state index in [0.717, 1.165) is 37.9 Å². The Hall–Kier alpha value is -1.60. The fraction of sp³-hybridized carbons (Fsp3) is 0.500. The highest BCUT2D eigenvalue weighted by Crippen LogP contribution is 2.26. The monoisotopic (exact) mass is 248 g/mol. The first-order chi connectivity index (χ1) is 8.74. The molecule has 4 heteroatoms. The van der Waals surface area contributed by atoms with E-state index in [1.807, 2.05) is 6.07 Å². The summed E-state index contributed by atoms with van der Waals surface area (Å²) in [6, 6.07) is 5.22. The van der Waals surface area contributed by atoms with Crippen LogP contribution in [0.1, 0.15) is 24.0 Å². The van der Waals surface area contributed by atoms with Crippen molar-refractivity contribution in [2.24, 2.45) is 5.92 Å². The second-order valence-electron chi connectivity index (χ2n) is 4.67. The molecular formula is C14H17FN2O. The average molecular weight is 248 g/mol. The lowest BCUT2D eigenvalue weighted by molar-refractivity contribution is 0.369. The molecule has 0 saturated carbocycles. The van der Waals surface area contributed by atoms with Crippen LogP contribution in [0.3, 0.4) is 0 Å². The van der Waals surface area contributed by atoms with Crippen molar-refractivity contribution in [2.75, 3.05) is 20.2 Å². The van der Waals surface area contributed by atoms with Crippen LogP contribution in [0.2, 0.25) is 0 Å². The molecule has 1 heterocycles. The van der Waals surface area contributed by atoms with Crippen LogP contribution >= 0.6 is 0 Å². The van der Waals surface area contributed by atoms with Gasteiger partial charge in [-0.15, -0.1) is 0 Å². The molecule has 1 aliphatic rings. The minimum atomic E-state index is -0.444. The quantitative estimate of drug-likeness (QED) is 0.892. The number of ether oxygens (including phenoxy) is 1. The number of benzene rings is 1. The summed E-state index contributed by atoms with van der Waals surface area (Å²) in [5.41, 5.74) is 1.16. The fourth-order valence-electron chi connectivity index (χ4n) is 2.48. The maximum atomic E-state index is 13.8. The van der Waals surface area contributed by atoms with Gasteiger partial charge in [0.25, 0.3) is 0 Å². The van der Waals surface area contributed by atoms with E-state index in [4.69, 9.17) is 10.00 Å². The Morgan fingerprint density at radius 3 is 2.78 bits per heavy atom. The van der Waals surface area contributed by atoms with E-state index >= 15 is 0 Å². The third kappa shape index (κ3) is 2.80. The minimum absolute atomic E-state index is 0.0477. The minimum Gasteiger partial charge on any atom is -0.492 e. The van der Waals surface area contributed by atoms with Crippen LogP contribution in [0.4, 0.5) is 4.39 Å². The highest BCUT2D eigenvalue weighted by molar-refractivity contribution is 5.46. The summed E-state index contributed by atoms with van der Waals surface area (Å²) >= 11 is 0. The van der Waals surface area contributed by atoms with Crippen LogP contribution in [0, 0.1) is 23.1 Å². The van der Waals surface area contributed by atoms with Gasteiger partial charge in [-0.3, -0.25) is 0 Å². The molecule has 0 atom stereocenters. The Labute approximate surface area is 107 Å². The smallest absolute Gasteiger partial charge is 0.172 e. The zero-order valence-corrected chi connectivity index (χ0v) is 10.5. The van der Waals surface area contributed by atoms with Crippen molar-refractivity contribution in [1.29, 1.82) is 5.26 Å². The Balaban J connectivity index is 2.18. The van der Waals surface area contributed by atoms with Gasteiger partial charge in [0.05, 0.1) is 12.7 Å². The van der Waals surface area contributed by atoms with Gasteiger partial charge >= 0.3 is 0 Å². The third-order valence-corrected chi connectivity index (χ3v) is 3.41. The summed E-state index contributed by atoms with van der Waals surface area (Å²) in [5.74, 6) is 0.178. The number of nitrogens with one attached hydrogen (secondary N) is 1. The molecule has 2 rings (SSSR count). The van der Waals surface area contributed by atoms with Crippen molar-refractivity contribution >= 4 is 0 Å². The van der Waals surface area contributed by atoms with Gasteiger partial charge in [-0.05, 0) is 56.0 Å². The molecule has 0 amide bonds. The number of nitrogens with zero attached hydrogens (tertiary/aromatic N) is 1. The van der Waals surface area contributed by atoms with Crippen molar-refractivity contribution in [1.82, 2.24) is 5.32 Å². The van der Waals surface area contributed by atoms with Crippen molar-refractivity contribution < 1.29 is 9.13 Å². The van der Waals surface area contributed by atoms with Crippen LogP contribution in [0.25, 0.3) is 0 Å². The molecule has 0 aromatic heterocycles. The maximum absolute atomic E-state index is 13.8. The third-order valence-electron chi connectivity index (χ3n) is 3.41. The summed E-state index contributed by atoms with van der Waals surface area (Å²) in [6.07, 6.45) is 3.04. The van der Waals surface area contributed by atoms with Crippen molar-refractivity contribution in [3.8, 4) is 11.8 Å². The molecule has 0 spiro atoms. The average Bonchev–Trinajstić information content (AvgIpc) is 2.39. The molecular weight excluding hydrogens is 231 g/mol. The predicted octanol–water partition coefficient (Wildman–Crippen LogP) is 2.25. The van der Waals surface area contributed by atoms with E-state index in [2.05, 4.69) is 5.32 Å². The molecule has 0 aliphatic carbocycles. The molecule has 1 aromatic carbocycles. The van der Waals surface area contributed by atoms with E-state index < -0.39 is 5.82 Å². The number of methoxy groups -OCH3 is 1. The zero-order chi connectivity index (χ0) is 13.0. The second-order valence-corrected chi connectivity index (χ2v) is 4.67. The van der Waals surface area contributed by atoms with Crippen molar-refractivity contribution in [2.45, 2.75) is 19.3 Å². The second kappa shape index (κ2) is 5.83. The number of rotatable bonds is 3. The highest BCUT2D eigenvalue weighted by atomic mass is 19.1. The number of hydrogen-bond acceptors (Lipinski definition) is 3. The first kappa shape index (κ1) is 12.8. The van der Waals surface area contributed by atoms with Gasteiger partial charge in [0.2, 0.25) is 0 Å². The highest BCUT2D eigenvalue weighted by Gasteiger charge is 2.16. The summed E-state index contributed by atoms with van der Waals surface area (Å²) in [4.78, 5) is 0. The molecule has 1 aliphatic heterocycles. The fourth-order valence-corrected chi connectivity index (χ4v) is 2.48. The topological polar surface area (TPSA) is 45.0 Å². The van der Waals surface area contributed by atoms with E-state index in [9.17, 15) is 4.39 Å².